The van der Waals surface area contributed by atoms with Crippen molar-refractivity contribution in [1.29, 1.82) is 0 Å². The zero-order valence-corrected chi connectivity index (χ0v) is 26.0. The van der Waals surface area contributed by atoms with Gasteiger partial charge in [-0.1, -0.05) is 81.4 Å². The molecule has 0 heterocycles. The number of hydrogen-bond donors (Lipinski definition) is 0. The summed E-state index contributed by atoms with van der Waals surface area (Å²) in [6.07, 6.45) is 0.795. The Hall–Kier alpha value is -2.47. The van der Waals surface area contributed by atoms with E-state index in [0.717, 1.165) is 25.0 Å². The Kier molecular flexibility index (Phi) is 15.7. The van der Waals surface area contributed by atoms with Crippen molar-refractivity contribution < 1.29 is 52.9 Å². The molecule has 0 N–H and O–H groups in total. The first kappa shape index (κ1) is 37.5. The molecule has 11 nitrogen and oxygen atoms in total. The van der Waals surface area contributed by atoms with Crippen LogP contribution in [-0.4, -0.2) is 55.1 Å². The highest BCUT2D eigenvalue weighted by atomic mass is 17.2. The molecule has 0 aromatic heterocycles. The molecule has 0 aromatic carbocycles. The van der Waals surface area contributed by atoms with Crippen LogP contribution in [0.2, 0.25) is 0 Å². The lowest BCUT2D eigenvalue weighted by Gasteiger charge is -2.46. The van der Waals surface area contributed by atoms with Gasteiger partial charge in [0.15, 0.2) is 11.2 Å². The molecule has 0 amide bonds. The van der Waals surface area contributed by atoms with Crippen molar-refractivity contribution in [3.8, 4) is 0 Å². The molecular formula is C29H50O11. The molecule has 232 valence electrons. The number of unbranched alkanes of at least 4 members (excludes halogenated alkanes) is 2. The topological polar surface area (TPSA) is 125 Å². The fourth-order valence-corrected chi connectivity index (χ4v) is 2.86. The molecule has 0 bridgehead atoms. The van der Waals surface area contributed by atoms with Gasteiger partial charge in [0.2, 0.25) is 0 Å². The van der Waals surface area contributed by atoms with Crippen molar-refractivity contribution in [1.82, 2.24) is 0 Å². The fourth-order valence-electron chi connectivity index (χ4n) is 2.86. The third kappa shape index (κ3) is 11.2. The van der Waals surface area contributed by atoms with Gasteiger partial charge >= 0.3 is 18.1 Å². The Morgan fingerprint density at radius 3 is 1.23 bits per heavy atom. The van der Waals surface area contributed by atoms with Gasteiger partial charge in [-0.25, -0.2) is 24.2 Å². The molecule has 11 heteroatoms. The van der Waals surface area contributed by atoms with Gasteiger partial charge in [0.25, 0.3) is 12.6 Å². The summed E-state index contributed by atoms with van der Waals surface area (Å²) >= 11 is 0. The number of carbonyl (C=O) groups excluding carboxylic acids is 3. The number of carbonyl (C=O) groups is 3. The van der Waals surface area contributed by atoms with Crippen LogP contribution in [0.5, 0.6) is 0 Å². The number of rotatable bonds is 18. The predicted octanol–water partition coefficient (Wildman–Crippen LogP) is 6.36. The Morgan fingerprint density at radius 2 is 0.975 bits per heavy atom. The first-order valence-corrected chi connectivity index (χ1v) is 13.6. The number of ether oxygens (including phenoxy) is 4. The van der Waals surface area contributed by atoms with Crippen LogP contribution in [0.25, 0.3) is 0 Å². The second-order valence-corrected chi connectivity index (χ2v) is 11.7. The van der Waals surface area contributed by atoms with Gasteiger partial charge in [0, 0.05) is 23.0 Å². The number of esters is 2. The Bertz CT molecular complexity index is 761. The monoisotopic (exact) mass is 574 g/mol. The lowest BCUT2D eigenvalue weighted by molar-refractivity contribution is -0.416. The number of hydrogen-bond acceptors (Lipinski definition) is 11. The van der Waals surface area contributed by atoms with Gasteiger partial charge in [-0.3, -0.25) is 0 Å². The second-order valence-electron chi connectivity index (χ2n) is 11.7. The highest BCUT2D eigenvalue weighted by molar-refractivity contribution is 5.81. The summed E-state index contributed by atoms with van der Waals surface area (Å²) in [6, 6.07) is 0. The summed E-state index contributed by atoms with van der Waals surface area (Å²) in [5.74, 6) is -1.63. The van der Waals surface area contributed by atoms with Gasteiger partial charge < -0.3 is 18.9 Å². The Morgan fingerprint density at radius 1 is 0.650 bits per heavy atom. The van der Waals surface area contributed by atoms with E-state index in [9.17, 15) is 14.4 Å². The highest BCUT2D eigenvalue weighted by Gasteiger charge is 2.56. The first-order valence-electron chi connectivity index (χ1n) is 13.6. The molecule has 0 spiro atoms. The van der Waals surface area contributed by atoms with Crippen molar-refractivity contribution >= 4 is 18.1 Å². The molecule has 0 fully saturated rings. The van der Waals surface area contributed by atoms with Crippen LogP contribution in [0.4, 0.5) is 4.79 Å². The van der Waals surface area contributed by atoms with E-state index < -0.39 is 52.7 Å². The second kappa shape index (κ2) is 16.7. The normalized spacial score (nSPS) is 16.4. The first-order chi connectivity index (χ1) is 18.4. The van der Waals surface area contributed by atoms with Crippen molar-refractivity contribution in [2.24, 2.45) is 10.8 Å². The Balaban J connectivity index is 6.35. The van der Waals surface area contributed by atoms with Gasteiger partial charge in [-0.2, -0.15) is 9.78 Å². The van der Waals surface area contributed by atoms with Crippen LogP contribution in [0.1, 0.15) is 94.9 Å². The summed E-state index contributed by atoms with van der Waals surface area (Å²) in [7, 11) is 0. The molecule has 0 rings (SSSR count). The van der Waals surface area contributed by atoms with E-state index in [1.54, 1.807) is 41.5 Å². The van der Waals surface area contributed by atoms with Crippen molar-refractivity contribution in [3.63, 3.8) is 0 Å². The van der Waals surface area contributed by atoms with Crippen molar-refractivity contribution in [2.75, 3.05) is 13.2 Å². The van der Waals surface area contributed by atoms with Crippen molar-refractivity contribution in [3.05, 3.63) is 25.3 Å². The summed E-state index contributed by atoms with van der Waals surface area (Å²) in [5.41, 5.74) is -5.03. The fraction of sp³-hybridized carbons (Fsp3) is 0.759. The summed E-state index contributed by atoms with van der Waals surface area (Å²) in [6.45, 7) is 24.8. The summed E-state index contributed by atoms with van der Waals surface area (Å²) < 4.78 is 22.5. The van der Waals surface area contributed by atoms with E-state index >= 15 is 0 Å². The van der Waals surface area contributed by atoms with E-state index in [0.29, 0.717) is 12.8 Å². The zero-order chi connectivity index (χ0) is 31.2. The summed E-state index contributed by atoms with van der Waals surface area (Å²) in [4.78, 5) is 59.2. The minimum atomic E-state index is -1.64. The molecular weight excluding hydrogens is 524 g/mol. The molecule has 0 aliphatic rings. The van der Waals surface area contributed by atoms with Crippen LogP contribution >= 0.6 is 0 Å². The predicted molar refractivity (Wildman–Crippen MR) is 147 cm³/mol. The van der Waals surface area contributed by atoms with Gasteiger partial charge in [-0.05, 0) is 26.7 Å². The van der Waals surface area contributed by atoms with Crippen LogP contribution < -0.4 is 0 Å². The molecule has 0 aliphatic heterocycles. The maximum atomic E-state index is 13.5. The molecule has 0 saturated heterocycles. The smallest absolute Gasteiger partial charge is 0.425 e. The van der Waals surface area contributed by atoms with Gasteiger partial charge in [0.05, 0.1) is 13.2 Å². The summed E-state index contributed by atoms with van der Waals surface area (Å²) in [5, 5.41) is 0. The van der Waals surface area contributed by atoms with Crippen LogP contribution in [0.15, 0.2) is 25.3 Å². The quantitative estimate of drug-likeness (QED) is 0.0345. The molecule has 0 radical (unpaired) electrons. The molecule has 40 heavy (non-hydrogen) atoms. The maximum absolute atomic E-state index is 13.5. The molecule has 4 atom stereocenters. The van der Waals surface area contributed by atoms with Crippen LogP contribution in [0.3, 0.4) is 0 Å². The standard InChI is InChI=1S/C29H50O11/c1-13-17-19-33-39-23(35-21(30)15-3)28(11,26(5,6)7)37-25(32)38-29(12,27(8,9)10)24(36-22(31)16-4)40-34-20-18-14-2/h15-16,23-24H,3-4,13-14,17-20H2,1-2,5-12H3. The molecule has 0 aromatic rings. The van der Waals surface area contributed by atoms with Gasteiger partial charge in [-0.15, -0.1) is 0 Å². The van der Waals surface area contributed by atoms with E-state index in [-0.39, 0.29) is 13.2 Å². The average Bonchev–Trinajstić information content (AvgIpc) is 2.85. The lowest BCUT2D eigenvalue weighted by atomic mass is 9.76. The Labute approximate surface area is 239 Å². The van der Waals surface area contributed by atoms with Crippen LogP contribution in [-0.2, 0) is 48.1 Å². The lowest BCUT2D eigenvalue weighted by Crippen LogP contribution is -2.59. The minimum absolute atomic E-state index is 0.219. The van der Waals surface area contributed by atoms with E-state index in [4.69, 9.17) is 38.5 Å². The highest BCUT2D eigenvalue weighted by Crippen LogP contribution is 2.42. The van der Waals surface area contributed by atoms with Crippen molar-refractivity contribution in [2.45, 2.75) is 119 Å². The average molecular weight is 575 g/mol. The molecule has 4 unspecified atom stereocenters. The minimum Gasteiger partial charge on any atom is -0.425 e. The SMILES string of the molecule is C=CC(=O)OC(OOCCCC)C(C)(OC(=O)OC(C)(C(OOCCCC)OC(=O)C=C)C(C)(C)C)C(C)(C)C. The third-order valence-corrected chi connectivity index (χ3v) is 6.72. The van der Waals surface area contributed by atoms with E-state index in [2.05, 4.69) is 13.2 Å². The maximum Gasteiger partial charge on any atom is 0.509 e. The zero-order valence-electron chi connectivity index (χ0n) is 26.0. The largest absolute Gasteiger partial charge is 0.509 e. The third-order valence-electron chi connectivity index (χ3n) is 6.72. The van der Waals surface area contributed by atoms with Gasteiger partial charge in [0.1, 0.15) is 0 Å². The molecule has 0 saturated carbocycles. The van der Waals surface area contributed by atoms with E-state index in [1.807, 2.05) is 13.8 Å². The van der Waals surface area contributed by atoms with E-state index in [1.165, 1.54) is 13.8 Å². The molecule has 0 aliphatic carbocycles. The van der Waals surface area contributed by atoms with Crippen LogP contribution in [0, 0.1) is 10.8 Å².